The zero-order chi connectivity index (χ0) is 18.3. The molecule has 0 saturated carbocycles. The van der Waals surface area contributed by atoms with Gasteiger partial charge in [0.2, 0.25) is 0 Å². The molecule has 2 aromatic carbocycles. The van der Waals surface area contributed by atoms with Gasteiger partial charge in [0.1, 0.15) is 0 Å². The first-order valence-electron chi connectivity index (χ1n) is 9.27. The van der Waals surface area contributed by atoms with E-state index in [2.05, 4.69) is 88.4 Å². The third kappa shape index (κ3) is 4.60. The van der Waals surface area contributed by atoms with Crippen molar-refractivity contribution in [3.05, 3.63) is 60.7 Å². The average Bonchev–Trinajstić information content (AvgIpc) is 2.59. The standard InChI is InChI=1S/C22H32O2Si/c1-19(15-17-23)16-18-24-25(22(2,3)4,20-11-7-5-8-12-20)21-13-9-6-10-14-21/h5-14,19,23H,15-18H2,1-4H3/t19-/m1/s1. The summed E-state index contributed by atoms with van der Waals surface area (Å²) in [7, 11) is -2.40. The molecule has 0 amide bonds. The predicted octanol–water partition coefficient (Wildman–Crippen LogP) is 3.97. The van der Waals surface area contributed by atoms with Crippen LogP contribution in [0.2, 0.25) is 5.04 Å². The molecule has 1 atom stereocenters. The van der Waals surface area contributed by atoms with Gasteiger partial charge < -0.3 is 9.53 Å². The van der Waals surface area contributed by atoms with Crippen molar-refractivity contribution in [1.29, 1.82) is 0 Å². The molecule has 0 aliphatic carbocycles. The molecule has 0 saturated heterocycles. The van der Waals surface area contributed by atoms with E-state index in [0.29, 0.717) is 5.92 Å². The Labute approximate surface area is 154 Å². The molecular weight excluding hydrogens is 324 g/mol. The van der Waals surface area contributed by atoms with Crippen LogP contribution in [0.25, 0.3) is 0 Å². The van der Waals surface area contributed by atoms with E-state index in [1.165, 1.54) is 10.4 Å². The second-order valence-electron chi connectivity index (χ2n) is 7.92. The van der Waals surface area contributed by atoms with Gasteiger partial charge >= 0.3 is 0 Å². The van der Waals surface area contributed by atoms with Crippen LogP contribution in [0.15, 0.2) is 60.7 Å². The number of hydrogen-bond acceptors (Lipinski definition) is 2. The predicted molar refractivity (Wildman–Crippen MR) is 109 cm³/mol. The zero-order valence-electron chi connectivity index (χ0n) is 16.0. The number of rotatable bonds is 8. The van der Waals surface area contributed by atoms with E-state index >= 15 is 0 Å². The van der Waals surface area contributed by atoms with Crippen LogP contribution in [-0.4, -0.2) is 26.6 Å². The molecule has 0 fully saturated rings. The lowest BCUT2D eigenvalue weighted by Crippen LogP contribution is -2.66. The van der Waals surface area contributed by atoms with Gasteiger partial charge in [0.05, 0.1) is 0 Å². The summed E-state index contributed by atoms with van der Waals surface area (Å²) in [5.41, 5.74) is 0. The number of aliphatic hydroxyl groups is 1. The molecule has 0 heterocycles. The van der Waals surface area contributed by atoms with Crippen molar-refractivity contribution < 1.29 is 9.53 Å². The zero-order valence-corrected chi connectivity index (χ0v) is 17.0. The van der Waals surface area contributed by atoms with Crippen LogP contribution in [0.1, 0.15) is 40.5 Å². The highest BCUT2D eigenvalue weighted by Gasteiger charge is 2.49. The van der Waals surface area contributed by atoms with Gasteiger partial charge in [-0.15, -0.1) is 0 Å². The maximum Gasteiger partial charge on any atom is 0.261 e. The van der Waals surface area contributed by atoms with Crippen molar-refractivity contribution in [2.45, 2.75) is 45.6 Å². The minimum atomic E-state index is -2.40. The first kappa shape index (κ1) is 19.9. The Morgan fingerprint density at radius 1 is 0.880 bits per heavy atom. The van der Waals surface area contributed by atoms with Gasteiger partial charge in [-0.2, -0.15) is 0 Å². The molecular formula is C22H32O2Si. The van der Waals surface area contributed by atoms with Crippen LogP contribution in [0.5, 0.6) is 0 Å². The van der Waals surface area contributed by atoms with E-state index in [0.717, 1.165) is 19.4 Å². The molecule has 1 N–H and O–H groups in total. The molecule has 0 bridgehead atoms. The molecule has 136 valence electrons. The van der Waals surface area contributed by atoms with Crippen LogP contribution < -0.4 is 10.4 Å². The lowest BCUT2D eigenvalue weighted by atomic mass is 10.1. The van der Waals surface area contributed by atoms with Crippen LogP contribution in [-0.2, 0) is 4.43 Å². The maximum atomic E-state index is 9.15. The quantitative estimate of drug-likeness (QED) is 0.725. The number of aliphatic hydroxyl groups excluding tert-OH is 1. The van der Waals surface area contributed by atoms with E-state index in [-0.39, 0.29) is 11.6 Å². The fourth-order valence-corrected chi connectivity index (χ4v) is 8.12. The minimum absolute atomic E-state index is 0.0237. The first-order chi connectivity index (χ1) is 11.9. The maximum absolute atomic E-state index is 9.15. The lowest BCUT2D eigenvalue weighted by molar-refractivity contribution is 0.227. The topological polar surface area (TPSA) is 29.5 Å². The van der Waals surface area contributed by atoms with Crippen molar-refractivity contribution in [1.82, 2.24) is 0 Å². The van der Waals surface area contributed by atoms with E-state index in [9.17, 15) is 0 Å². The molecule has 2 nitrogen and oxygen atoms in total. The Hall–Kier alpha value is -1.42. The fourth-order valence-electron chi connectivity index (χ4n) is 3.54. The Morgan fingerprint density at radius 2 is 1.36 bits per heavy atom. The second-order valence-corrected chi connectivity index (χ2v) is 12.2. The summed E-state index contributed by atoms with van der Waals surface area (Å²) in [5.74, 6) is 0.475. The molecule has 0 aliphatic rings. The van der Waals surface area contributed by atoms with Crippen LogP contribution >= 0.6 is 0 Å². The van der Waals surface area contributed by atoms with Crippen molar-refractivity contribution in [3.63, 3.8) is 0 Å². The van der Waals surface area contributed by atoms with Crippen molar-refractivity contribution in [2.24, 2.45) is 5.92 Å². The molecule has 25 heavy (non-hydrogen) atoms. The number of hydrogen-bond donors (Lipinski definition) is 1. The van der Waals surface area contributed by atoms with Crippen LogP contribution in [0.3, 0.4) is 0 Å². The molecule has 0 aromatic heterocycles. The number of benzene rings is 2. The third-order valence-electron chi connectivity index (χ3n) is 4.97. The Balaban J connectivity index is 2.42. The summed E-state index contributed by atoms with van der Waals surface area (Å²) in [6.07, 6.45) is 1.81. The summed E-state index contributed by atoms with van der Waals surface area (Å²) >= 11 is 0. The summed E-state index contributed by atoms with van der Waals surface area (Å²) in [5, 5.41) is 11.8. The third-order valence-corrected chi connectivity index (χ3v) is 10.0. The van der Waals surface area contributed by atoms with Crippen LogP contribution in [0.4, 0.5) is 0 Å². The highest BCUT2D eigenvalue weighted by Crippen LogP contribution is 2.36. The van der Waals surface area contributed by atoms with Gasteiger partial charge in [-0.05, 0) is 34.2 Å². The molecule has 0 radical (unpaired) electrons. The van der Waals surface area contributed by atoms with E-state index < -0.39 is 8.32 Å². The first-order valence-corrected chi connectivity index (χ1v) is 11.2. The van der Waals surface area contributed by atoms with Gasteiger partial charge in [-0.25, -0.2) is 0 Å². The highest BCUT2D eigenvalue weighted by molar-refractivity contribution is 6.99. The normalized spacial score (nSPS) is 13.6. The Morgan fingerprint density at radius 3 is 1.76 bits per heavy atom. The molecule has 2 rings (SSSR count). The molecule has 0 unspecified atom stereocenters. The summed E-state index contributed by atoms with van der Waals surface area (Å²) in [6.45, 7) is 10.1. The smallest absolute Gasteiger partial charge is 0.261 e. The fraction of sp³-hybridized carbons (Fsp3) is 0.455. The van der Waals surface area contributed by atoms with Crippen molar-refractivity contribution >= 4 is 18.7 Å². The van der Waals surface area contributed by atoms with Crippen LogP contribution in [0, 0.1) is 5.92 Å². The average molecular weight is 357 g/mol. The van der Waals surface area contributed by atoms with Gasteiger partial charge in [-0.3, -0.25) is 0 Å². The SMILES string of the molecule is C[C@H](CCO)CCO[Si](c1ccccc1)(c1ccccc1)C(C)(C)C. The highest BCUT2D eigenvalue weighted by atomic mass is 28.4. The molecule has 0 spiro atoms. The van der Waals surface area contributed by atoms with Crippen molar-refractivity contribution in [3.8, 4) is 0 Å². The lowest BCUT2D eigenvalue weighted by Gasteiger charge is -2.43. The Kier molecular flexibility index (Phi) is 7.00. The van der Waals surface area contributed by atoms with Gasteiger partial charge in [-0.1, -0.05) is 88.4 Å². The van der Waals surface area contributed by atoms with E-state index in [1.807, 2.05) is 0 Å². The molecule has 3 heteroatoms. The van der Waals surface area contributed by atoms with E-state index in [4.69, 9.17) is 9.53 Å². The van der Waals surface area contributed by atoms with Gasteiger partial charge in [0.25, 0.3) is 8.32 Å². The van der Waals surface area contributed by atoms with Gasteiger partial charge in [0, 0.05) is 13.2 Å². The summed E-state index contributed by atoms with van der Waals surface area (Å²) < 4.78 is 6.84. The minimum Gasteiger partial charge on any atom is -0.407 e. The monoisotopic (exact) mass is 356 g/mol. The van der Waals surface area contributed by atoms with E-state index in [1.54, 1.807) is 0 Å². The Bertz CT molecular complexity index is 580. The summed E-state index contributed by atoms with van der Waals surface area (Å²) in [6, 6.07) is 21.5. The largest absolute Gasteiger partial charge is 0.407 e. The molecule has 0 aliphatic heterocycles. The van der Waals surface area contributed by atoms with Gasteiger partial charge in [0.15, 0.2) is 0 Å². The molecule has 2 aromatic rings. The second kappa shape index (κ2) is 8.79. The summed E-state index contributed by atoms with van der Waals surface area (Å²) in [4.78, 5) is 0. The van der Waals surface area contributed by atoms with Crippen molar-refractivity contribution in [2.75, 3.05) is 13.2 Å².